The fraction of sp³-hybridized carbons (Fsp3) is 0.0182. The van der Waals surface area contributed by atoms with E-state index in [2.05, 4.69) is 0 Å². The highest BCUT2D eigenvalue weighted by Crippen LogP contribution is 2.38. The van der Waals surface area contributed by atoms with Crippen molar-refractivity contribution in [2.75, 3.05) is 0 Å². The quantitative estimate of drug-likeness (QED) is 0.117. The molecule has 4 heteroatoms. The van der Waals surface area contributed by atoms with Gasteiger partial charge in [0.15, 0.2) is 8.07 Å². The second kappa shape index (κ2) is 13.3. The van der Waals surface area contributed by atoms with Gasteiger partial charge in [0, 0.05) is 53.1 Å². The van der Waals surface area contributed by atoms with Crippen LogP contribution >= 0.6 is 11.3 Å². The van der Waals surface area contributed by atoms with Gasteiger partial charge in [-0.05, 0) is 88.1 Å². The Kier molecular flexibility index (Phi) is 3.17. The second-order valence-corrected chi connectivity index (χ2v) is 17.5. The Morgan fingerprint density at radius 1 is 0.390 bits per heavy atom. The van der Waals surface area contributed by atoms with E-state index in [1.165, 1.54) is 6.92 Å². The van der Waals surface area contributed by atoms with E-state index in [1.54, 1.807) is 0 Å². The molecule has 0 spiro atoms. The van der Waals surface area contributed by atoms with Crippen molar-refractivity contribution in [3.63, 3.8) is 0 Å². The molecule has 9 aromatic carbocycles. The molecule has 0 N–H and O–H groups in total. The van der Waals surface area contributed by atoms with Crippen molar-refractivity contribution in [2.45, 2.75) is 6.92 Å². The largest absolute Gasteiger partial charge is 0.309 e. The van der Waals surface area contributed by atoms with Gasteiger partial charge in [-0.3, -0.25) is 0 Å². The summed E-state index contributed by atoms with van der Waals surface area (Å²) in [5.74, 6) is 0. The van der Waals surface area contributed by atoms with Gasteiger partial charge in [-0.15, -0.1) is 11.3 Å². The molecule has 3 heterocycles. The maximum Gasteiger partial charge on any atom is 0.181 e. The van der Waals surface area contributed by atoms with Gasteiger partial charge in [-0.25, -0.2) is 0 Å². The summed E-state index contributed by atoms with van der Waals surface area (Å²) < 4.78 is 330. The number of hydrogen-bond acceptors (Lipinski definition) is 1. The number of hydrogen-bond donors (Lipinski definition) is 0. The van der Waals surface area contributed by atoms with Crippen LogP contribution in [-0.2, 0) is 0 Å². The van der Waals surface area contributed by atoms with Crippen LogP contribution in [0.2, 0.25) is 0 Å². The van der Waals surface area contributed by atoms with E-state index >= 15 is 0 Å². The van der Waals surface area contributed by atoms with E-state index < -0.39 is 310 Å². The summed E-state index contributed by atoms with van der Waals surface area (Å²) in [6, 6.07) is -37.8. The number of fused-ring (bicyclic) bond motifs is 9. The third-order valence-electron chi connectivity index (χ3n) is 9.92. The van der Waals surface area contributed by atoms with Crippen LogP contribution in [0.4, 0.5) is 0 Å². The van der Waals surface area contributed by atoms with Crippen LogP contribution in [0.25, 0.3) is 75.2 Å². The molecule has 0 fully saturated rings. The Labute approximate surface area is 396 Å². The molecule has 12 rings (SSSR count). The number of nitrogens with zero attached hydrogens (tertiary/aromatic N) is 2. The Morgan fingerprint density at radius 2 is 0.898 bits per heavy atom. The van der Waals surface area contributed by atoms with Gasteiger partial charge in [0.2, 0.25) is 0 Å². The van der Waals surface area contributed by atoms with Crippen LogP contribution in [0, 0.1) is 6.92 Å². The number of para-hydroxylation sites is 2. The summed E-state index contributed by atoms with van der Waals surface area (Å²) >= 11 is 0.346. The SMILES string of the molecule is [2H]c1c([2H])c([2H])c([Si](c2c([2H])c([2H])c([2H])c([2H])c2[2H])(c2c([2H])c([2H])c([2H])c(-n3c4c([2H])c([2H])c([2H])c([2H])c4c4c([2H])c(-n5c6c([2H])c([2H])c([2H])c([2H])c6c6c([2H])c(C)c([2H])c([2H])c65)c([2H])c([2H])c43)c2[2H])c2c([2H])c([2H])c([2H])c3c2sc2c([2H])c([2H])c([2H])c([2H])c23)c([2H])c1[2H]. The predicted molar refractivity (Wildman–Crippen MR) is 256 cm³/mol. The lowest BCUT2D eigenvalue weighted by Gasteiger charge is -2.35. The van der Waals surface area contributed by atoms with Gasteiger partial charge in [-0.2, -0.15) is 0 Å². The first kappa shape index (κ1) is 14.1. The number of rotatable bonds is 6. The van der Waals surface area contributed by atoms with E-state index in [9.17, 15) is 31.5 Å². The van der Waals surface area contributed by atoms with Crippen LogP contribution in [0.5, 0.6) is 0 Å². The molecule has 12 aromatic rings. The average molecular weight is 822 g/mol. The molecule has 278 valence electrons. The lowest BCUT2D eigenvalue weighted by Crippen LogP contribution is -2.74. The monoisotopic (exact) mass is 821 g/mol. The zero-order valence-electron chi connectivity index (χ0n) is 64.8. The number of thiophene rings is 1. The fourth-order valence-electron chi connectivity index (χ4n) is 7.52. The predicted octanol–water partition coefficient (Wildman–Crippen LogP) is 11.9. The molecule has 59 heavy (non-hydrogen) atoms. The molecular formula is C55H38N2SSi. The van der Waals surface area contributed by atoms with Crippen LogP contribution < -0.4 is 20.7 Å². The van der Waals surface area contributed by atoms with Crippen molar-refractivity contribution < 1.29 is 48.0 Å². The minimum Gasteiger partial charge on any atom is -0.309 e. The molecular weight excluding hydrogens is 749 g/mol. The van der Waals surface area contributed by atoms with E-state index in [-0.39, 0.29) is 10.9 Å². The van der Waals surface area contributed by atoms with Gasteiger partial charge in [0.25, 0.3) is 0 Å². The Bertz CT molecular complexity index is 5450. The maximum atomic E-state index is 10.8. The summed E-state index contributed by atoms with van der Waals surface area (Å²) in [5.41, 5.74) is -5.16. The maximum absolute atomic E-state index is 10.8. The molecule has 0 saturated heterocycles. The number of benzene rings is 9. The van der Waals surface area contributed by atoms with E-state index in [0.717, 1.165) is 4.57 Å². The highest BCUT2D eigenvalue weighted by molar-refractivity contribution is 7.30. The zero-order valence-corrected chi connectivity index (χ0v) is 31.6. The minimum atomic E-state index is -6.65. The van der Waals surface area contributed by atoms with Gasteiger partial charge >= 0.3 is 0 Å². The van der Waals surface area contributed by atoms with Crippen molar-refractivity contribution in [3.05, 3.63) is 217 Å². The molecule has 0 bridgehead atoms. The molecule has 0 radical (unpaired) electrons. The van der Waals surface area contributed by atoms with E-state index in [4.69, 9.17) is 16.4 Å². The standard InChI is InChI=1S/C55H38N2SSi/c1-37-30-32-51-47(34-37)43-22-8-11-26-49(43)57(51)39-31-33-52-48(36-39)44-23-9-12-27-50(44)56(52)38-16-14-21-42(35-38)59(40-17-4-2-5-18-40,41-19-6-3-7-20-41)54-29-15-25-46-45-24-10-13-28-53(45)58-55(46)54/h2-36H,1H3/i2D,3D,4D,5D,6D,7D,8D,9D,10D,11D,12D,13D,14D,15D,16D,17D,18D,19D,20D,21D,22D,23D,24D,25D,26D,27D,28D,29D,30D,31D,32D,33D,34D,35D,36D. The molecule has 0 aliphatic carbocycles. The van der Waals surface area contributed by atoms with Crippen LogP contribution in [0.1, 0.15) is 53.5 Å². The summed E-state index contributed by atoms with van der Waals surface area (Å²) in [7, 11) is -6.65. The molecule has 3 aromatic heterocycles. The van der Waals surface area contributed by atoms with Gasteiger partial charge in [0.1, 0.15) is 0 Å². The van der Waals surface area contributed by atoms with Crippen LogP contribution in [-0.4, -0.2) is 17.2 Å². The average Bonchev–Trinajstić information content (AvgIpc) is 1.08. The first-order chi connectivity index (χ1) is 43.8. The molecule has 0 atom stereocenters. The van der Waals surface area contributed by atoms with E-state index in [0.29, 0.717) is 15.9 Å². The van der Waals surface area contributed by atoms with Crippen molar-refractivity contribution in [2.24, 2.45) is 0 Å². The Hall–Kier alpha value is -6.98. The van der Waals surface area contributed by atoms with Crippen molar-refractivity contribution in [1.29, 1.82) is 0 Å². The first-order valence-electron chi connectivity index (χ1n) is 35.0. The molecule has 0 aliphatic heterocycles. The summed E-state index contributed by atoms with van der Waals surface area (Å²) in [5, 5.41) is -8.09. The smallest absolute Gasteiger partial charge is 0.181 e. The molecule has 0 saturated carbocycles. The van der Waals surface area contributed by atoms with Crippen LogP contribution in [0.15, 0.2) is 211 Å². The van der Waals surface area contributed by atoms with Gasteiger partial charge < -0.3 is 9.13 Å². The van der Waals surface area contributed by atoms with Crippen molar-refractivity contribution >= 4 is 104 Å². The molecule has 2 nitrogen and oxygen atoms in total. The van der Waals surface area contributed by atoms with Gasteiger partial charge in [0.05, 0.1) is 70.0 Å². The normalized spacial score (nSPS) is 20.5. The topological polar surface area (TPSA) is 9.86 Å². The third-order valence-corrected chi connectivity index (χ3v) is 15.4. The third kappa shape index (κ3) is 5.04. The Balaban J connectivity index is 1.41. The number of aromatic nitrogens is 2. The van der Waals surface area contributed by atoms with E-state index in [1.807, 2.05) is 0 Å². The summed E-state index contributed by atoms with van der Waals surface area (Å²) in [4.78, 5) is 0. The second-order valence-electron chi connectivity index (χ2n) is 13.0. The molecule has 0 aliphatic rings. The Morgan fingerprint density at radius 3 is 1.59 bits per heavy atom. The zero-order chi connectivity index (χ0) is 69.5. The van der Waals surface area contributed by atoms with Crippen molar-refractivity contribution in [3.8, 4) is 11.4 Å². The summed E-state index contributed by atoms with van der Waals surface area (Å²) in [6.07, 6.45) is 0. The summed E-state index contributed by atoms with van der Waals surface area (Å²) in [6.45, 7) is 1.29. The molecule has 0 amide bonds. The van der Waals surface area contributed by atoms with Crippen molar-refractivity contribution in [1.82, 2.24) is 9.13 Å². The minimum absolute atomic E-state index is 0.138. The lowest BCUT2D eigenvalue weighted by molar-refractivity contribution is 1.17. The van der Waals surface area contributed by atoms with Crippen LogP contribution in [0.3, 0.4) is 0 Å². The lowest BCUT2D eigenvalue weighted by atomic mass is 10.1. The molecule has 0 unspecified atom stereocenters. The highest BCUT2D eigenvalue weighted by Gasteiger charge is 2.43. The van der Waals surface area contributed by atoms with Gasteiger partial charge in [-0.1, -0.05) is 157 Å². The highest BCUT2D eigenvalue weighted by atomic mass is 32.1. The fourth-order valence-corrected chi connectivity index (χ4v) is 12.9. The first-order valence-corrected chi connectivity index (χ1v) is 20.3.